The van der Waals surface area contributed by atoms with Crippen LogP contribution in [-0.4, -0.2) is 36.2 Å². The number of rotatable bonds is 3. The van der Waals surface area contributed by atoms with E-state index in [1.54, 1.807) is 11.8 Å². The lowest BCUT2D eigenvalue weighted by Crippen LogP contribution is -2.47. The molecule has 1 atom stereocenters. The van der Waals surface area contributed by atoms with Gasteiger partial charge in [0.25, 0.3) is 5.91 Å². The summed E-state index contributed by atoms with van der Waals surface area (Å²) in [6.45, 7) is 3.40. The number of hydrogen-bond donors (Lipinski definition) is 1. The normalized spacial score (nSPS) is 18.6. The number of benzene rings is 1. The molecule has 1 aromatic carbocycles. The topological polar surface area (TPSA) is 46.3 Å². The molecule has 0 aromatic heterocycles. The van der Waals surface area contributed by atoms with Gasteiger partial charge in [-0.1, -0.05) is 6.07 Å². The number of hydrogen-bond acceptors (Lipinski definition) is 3. The van der Waals surface area contributed by atoms with Crippen LogP contribution in [0.15, 0.2) is 23.1 Å². The molecule has 1 aromatic rings. The second-order valence-electron chi connectivity index (χ2n) is 5.06. The molecule has 1 amide bonds. The standard InChI is InChI=1S/C15H22N2OS.ClH/c1-11-6-7-13(19-2)9-14(11)15(18)17-8-4-3-5-12(17)10-16;/h6-7,9,12H,3-5,8,10,16H2,1-2H3;1H. The predicted molar refractivity (Wildman–Crippen MR) is 87.9 cm³/mol. The number of halogens is 1. The highest BCUT2D eigenvalue weighted by molar-refractivity contribution is 7.98. The van der Waals surface area contributed by atoms with E-state index >= 15 is 0 Å². The van der Waals surface area contributed by atoms with Gasteiger partial charge in [-0.05, 0) is 50.1 Å². The number of likely N-dealkylation sites (tertiary alicyclic amines) is 1. The summed E-state index contributed by atoms with van der Waals surface area (Å²) in [6, 6.07) is 6.30. The summed E-state index contributed by atoms with van der Waals surface area (Å²) >= 11 is 1.67. The van der Waals surface area contributed by atoms with Crippen LogP contribution in [0.25, 0.3) is 0 Å². The van der Waals surface area contributed by atoms with Crippen LogP contribution in [-0.2, 0) is 0 Å². The Morgan fingerprint density at radius 3 is 2.85 bits per heavy atom. The van der Waals surface area contributed by atoms with E-state index in [4.69, 9.17) is 5.73 Å². The molecule has 1 saturated heterocycles. The molecular formula is C15H23ClN2OS. The molecule has 1 aliphatic heterocycles. The van der Waals surface area contributed by atoms with Gasteiger partial charge in [0.05, 0.1) is 0 Å². The Labute approximate surface area is 131 Å². The summed E-state index contributed by atoms with van der Waals surface area (Å²) in [7, 11) is 0. The fourth-order valence-electron chi connectivity index (χ4n) is 2.63. The van der Waals surface area contributed by atoms with Crippen LogP contribution in [0.3, 0.4) is 0 Å². The minimum Gasteiger partial charge on any atom is -0.334 e. The predicted octanol–water partition coefficient (Wildman–Crippen LogP) is 3.09. The number of carbonyl (C=O) groups is 1. The van der Waals surface area contributed by atoms with Crippen molar-refractivity contribution in [1.82, 2.24) is 4.90 Å². The average Bonchev–Trinajstić information content (AvgIpc) is 2.47. The highest BCUT2D eigenvalue weighted by Crippen LogP contribution is 2.24. The number of nitrogens with two attached hydrogens (primary N) is 1. The molecule has 1 aliphatic rings. The largest absolute Gasteiger partial charge is 0.334 e. The molecule has 3 nitrogen and oxygen atoms in total. The molecule has 112 valence electrons. The van der Waals surface area contributed by atoms with Gasteiger partial charge in [-0.2, -0.15) is 0 Å². The summed E-state index contributed by atoms with van der Waals surface area (Å²) in [5.74, 6) is 0.142. The van der Waals surface area contributed by atoms with Crippen molar-refractivity contribution >= 4 is 30.1 Å². The third kappa shape index (κ3) is 3.68. The molecule has 0 saturated carbocycles. The minimum absolute atomic E-state index is 0. The van der Waals surface area contributed by atoms with E-state index in [0.29, 0.717) is 6.54 Å². The first-order valence-corrected chi connectivity index (χ1v) is 8.05. The number of thioether (sulfide) groups is 1. The number of piperidine rings is 1. The van der Waals surface area contributed by atoms with Gasteiger partial charge in [0.1, 0.15) is 0 Å². The zero-order valence-corrected chi connectivity index (χ0v) is 13.7. The molecule has 0 aliphatic carbocycles. The molecule has 1 heterocycles. The summed E-state index contributed by atoms with van der Waals surface area (Å²) in [4.78, 5) is 15.8. The Morgan fingerprint density at radius 2 is 2.20 bits per heavy atom. The fraction of sp³-hybridized carbons (Fsp3) is 0.533. The maximum absolute atomic E-state index is 12.7. The van der Waals surface area contributed by atoms with E-state index < -0.39 is 0 Å². The van der Waals surface area contributed by atoms with Crippen LogP contribution in [0.1, 0.15) is 35.2 Å². The fourth-order valence-corrected chi connectivity index (χ4v) is 3.07. The van der Waals surface area contributed by atoms with Crippen LogP contribution < -0.4 is 5.73 Å². The third-order valence-corrected chi connectivity index (χ3v) is 4.56. The third-order valence-electron chi connectivity index (χ3n) is 3.84. The van der Waals surface area contributed by atoms with Crippen LogP contribution in [0, 0.1) is 6.92 Å². The van der Waals surface area contributed by atoms with Gasteiger partial charge in [0.15, 0.2) is 0 Å². The van der Waals surface area contributed by atoms with Gasteiger partial charge in [-0.3, -0.25) is 4.79 Å². The Balaban J connectivity index is 0.00000200. The molecule has 2 rings (SSSR count). The molecule has 0 bridgehead atoms. The summed E-state index contributed by atoms with van der Waals surface area (Å²) < 4.78 is 0. The van der Waals surface area contributed by atoms with Crippen LogP contribution in [0.2, 0.25) is 0 Å². The molecule has 0 radical (unpaired) electrons. The van der Waals surface area contributed by atoms with Crippen molar-refractivity contribution < 1.29 is 4.79 Å². The van der Waals surface area contributed by atoms with Crippen molar-refractivity contribution in [3.8, 4) is 0 Å². The lowest BCUT2D eigenvalue weighted by Gasteiger charge is -2.35. The molecule has 5 heteroatoms. The van der Waals surface area contributed by atoms with Crippen molar-refractivity contribution in [2.75, 3.05) is 19.3 Å². The highest BCUT2D eigenvalue weighted by Gasteiger charge is 2.27. The Kier molecular flexibility index (Phi) is 6.86. The molecule has 1 fully saturated rings. The zero-order valence-electron chi connectivity index (χ0n) is 12.1. The number of amides is 1. The summed E-state index contributed by atoms with van der Waals surface area (Å²) in [5, 5.41) is 0. The second kappa shape index (κ2) is 7.91. The first kappa shape index (κ1) is 17.3. The quantitative estimate of drug-likeness (QED) is 0.872. The molecule has 0 spiro atoms. The van der Waals surface area contributed by atoms with Crippen molar-refractivity contribution in [3.05, 3.63) is 29.3 Å². The van der Waals surface area contributed by atoms with Crippen molar-refractivity contribution in [2.24, 2.45) is 5.73 Å². The SMILES string of the molecule is CSc1ccc(C)c(C(=O)N2CCCCC2CN)c1.Cl. The van der Waals surface area contributed by atoms with Crippen molar-refractivity contribution in [1.29, 1.82) is 0 Å². The van der Waals surface area contributed by atoms with E-state index in [2.05, 4.69) is 6.07 Å². The Bertz CT molecular complexity index is 467. The highest BCUT2D eigenvalue weighted by atomic mass is 35.5. The summed E-state index contributed by atoms with van der Waals surface area (Å²) in [6.07, 6.45) is 5.32. The number of nitrogens with zero attached hydrogens (tertiary/aromatic N) is 1. The van der Waals surface area contributed by atoms with Crippen LogP contribution in [0.5, 0.6) is 0 Å². The molecule has 2 N–H and O–H groups in total. The van der Waals surface area contributed by atoms with Gasteiger partial charge >= 0.3 is 0 Å². The monoisotopic (exact) mass is 314 g/mol. The van der Waals surface area contributed by atoms with Crippen LogP contribution >= 0.6 is 24.2 Å². The Hall–Kier alpha value is -0.710. The lowest BCUT2D eigenvalue weighted by molar-refractivity contribution is 0.0622. The van der Waals surface area contributed by atoms with E-state index in [9.17, 15) is 4.79 Å². The van der Waals surface area contributed by atoms with Gasteiger partial charge in [0, 0.05) is 29.6 Å². The van der Waals surface area contributed by atoms with Crippen molar-refractivity contribution in [2.45, 2.75) is 37.1 Å². The van der Waals surface area contributed by atoms with Crippen LogP contribution in [0.4, 0.5) is 0 Å². The van der Waals surface area contributed by atoms with E-state index in [1.807, 2.05) is 30.2 Å². The molecule has 1 unspecified atom stereocenters. The maximum atomic E-state index is 12.7. The smallest absolute Gasteiger partial charge is 0.254 e. The van der Waals surface area contributed by atoms with E-state index in [-0.39, 0.29) is 24.4 Å². The van der Waals surface area contributed by atoms with Gasteiger partial charge in [-0.15, -0.1) is 24.2 Å². The molecular weight excluding hydrogens is 292 g/mol. The first-order chi connectivity index (χ1) is 9.17. The number of carbonyl (C=O) groups excluding carboxylic acids is 1. The number of aryl methyl sites for hydroxylation is 1. The van der Waals surface area contributed by atoms with Gasteiger partial charge in [-0.25, -0.2) is 0 Å². The zero-order chi connectivity index (χ0) is 13.8. The van der Waals surface area contributed by atoms with E-state index in [1.165, 1.54) is 6.42 Å². The average molecular weight is 315 g/mol. The lowest BCUT2D eigenvalue weighted by atomic mass is 9.99. The van der Waals surface area contributed by atoms with E-state index in [0.717, 1.165) is 35.4 Å². The Morgan fingerprint density at radius 1 is 1.45 bits per heavy atom. The first-order valence-electron chi connectivity index (χ1n) is 6.83. The van der Waals surface area contributed by atoms with Crippen molar-refractivity contribution in [3.63, 3.8) is 0 Å². The maximum Gasteiger partial charge on any atom is 0.254 e. The molecule has 20 heavy (non-hydrogen) atoms. The second-order valence-corrected chi connectivity index (χ2v) is 5.94. The van der Waals surface area contributed by atoms with Gasteiger partial charge in [0.2, 0.25) is 0 Å². The minimum atomic E-state index is 0. The van der Waals surface area contributed by atoms with Gasteiger partial charge < -0.3 is 10.6 Å². The summed E-state index contributed by atoms with van der Waals surface area (Å²) in [5.41, 5.74) is 7.68.